The monoisotopic (exact) mass is 427 g/mol. The fraction of sp³-hybridized carbons (Fsp3) is 0.438. The minimum Gasteiger partial charge on any atom is -0.368 e. The van der Waals surface area contributed by atoms with E-state index < -0.39 is 30.6 Å². The van der Waals surface area contributed by atoms with Gasteiger partial charge in [-0.1, -0.05) is 0 Å². The Morgan fingerprint density at radius 1 is 1.13 bits per heavy atom. The van der Waals surface area contributed by atoms with Gasteiger partial charge in [0, 0.05) is 19.2 Å². The smallest absolute Gasteiger partial charge is 0.368 e. The maximum atomic E-state index is 14.2. The van der Waals surface area contributed by atoms with Gasteiger partial charge >= 0.3 is 12.1 Å². The zero-order valence-electron chi connectivity index (χ0n) is 15.6. The largest absolute Gasteiger partial charge is 0.455 e. The number of fused-ring (bicyclic) bond motifs is 4. The maximum Gasteiger partial charge on any atom is 0.455 e. The van der Waals surface area contributed by atoms with E-state index in [9.17, 15) is 22.0 Å². The third kappa shape index (κ3) is 2.55. The molecule has 0 spiro atoms. The van der Waals surface area contributed by atoms with Crippen molar-refractivity contribution in [3.05, 3.63) is 18.6 Å². The first-order chi connectivity index (χ1) is 14.1. The van der Waals surface area contributed by atoms with E-state index in [1.165, 1.54) is 23.8 Å². The normalized spacial score (nSPS) is 20.0. The summed E-state index contributed by atoms with van der Waals surface area (Å²) in [7, 11) is 1.71. The molecule has 0 saturated carbocycles. The summed E-state index contributed by atoms with van der Waals surface area (Å²) in [6.45, 7) is 1.53. The molecule has 0 saturated heterocycles. The molecule has 1 aliphatic heterocycles. The lowest BCUT2D eigenvalue weighted by Gasteiger charge is -2.35. The van der Waals surface area contributed by atoms with E-state index in [1.54, 1.807) is 17.9 Å². The summed E-state index contributed by atoms with van der Waals surface area (Å²) in [6, 6.07) is -1.42. The predicted molar refractivity (Wildman–Crippen MR) is 94.0 cm³/mol. The zero-order chi connectivity index (χ0) is 21.4. The van der Waals surface area contributed by atoms with Crippen LogP contribution in [0.1, 0.15) is 19.4 Å². The summed E-state index contributed by atoms with van der Waals surface area (Å²) in [6.07, 6.45) is -3.18. The first-order valence-electron chi connectivity index (χ1n) is 8.90. The average molecular weight is 427 g/mol. The first kappa shape index (κ1) is 18.7. The van der Waals surface area contributed by atoms with Crippen molar-refractivity contribution in [3.8, 4) is 11.5 Å². The Morgan fingerprint density at radius 3 is 2.63 bits per heavy atom. The highest BCUT2D eigenvalue weighted by molar-refractivity contribution is 5.88. The summed E-state index contributed by atoms with van der Waals surface area (Å²) in [5, 5.41) is 15.8. The fourth-order valence-electron chi connectivity index (χ4n) is 3.63. The van der Waals surface area contributed by atoms with Crippen molar-refractivity contribution in [2.75, 3.05) is 5.32 Å². The predicted octanol–water partition coefficient (Wildman–Crippen LogP) is 2.82. The lowest BCUT2D eigenvalue weighted by Crippen LogP contribution is -2.48. The van der Waals surface area contributed by atoms with Gasteiger partial charge in [0.05, 0.1) is 11.6 Å². The molecule has 2 unspecified atom stereocenters. The molecule has 5 heterocycles. The van der Waals surface area contributed by atoms with Crippen LogP contribution in [-0.2, 0) is 7.05 Å². The molecule has 0 amide bonds. The van der Waals surface area contributed by atoms with Gasteiger partial charge < -0.3 is 5.32 Å². The Bertz CT molecular complexity index is 1270. The van der Waals surface area contributed by atoms with E-state index in [4.69, 9.17) is 0 Å². The van der Waals surface area contributed by atoms with Crippen molar-refractivity contribution in [2.24, 2.45) is 7.05 Å². The molecule has 9 nitrogen and oxygen atoms in total. The van der Waals surface area contributed by atoms with E-state index in [2.05, 4.69) is 30.6 Å². The van der Waals surface area contributed by atoms with Crippen LogP contribution in [0, 0.1) is 0 Å². The molecule has 0 fully saturated rings. The molecule has 4 aromatic heterocycles. The van der Waals surface area contributed by atoms with Crippen molar-refractivity contribution < 1.29 is 22.0 Å². The number of rotatable bonds is 2. The summed E-state index contributed by atoms with van der Waals surface area (Å²) in [4.78, 5) is 8.59. The van der Waals surface area contributed by atoms with E-state index in [1.807, 2.05) is 0 Å². The summed E-state index contributed by atoms with van der Waals surface area (Å²) >= 11 is 0. The topological polar surface area (TPSA) is 90.8 Å². The van der Waals surface area contributed by atoms with Gasteiger partial charge in [-0.3, -0.25) is 4.68 Å². The highest BCUT2D eigenvalue weighted by atomic mass is 19.4. The number of aryl methyl sites for hydroxylation is 1. The van der Waals surface area contributed by atoms with Crippen molar-refractivity contribution in [3.63, 3.8) is 0 Å². The number of alkyl halides is 5. The molecule has 0 aromatic carbocycles. The van der Waals surface area contributed by atoms with Gasteiger partial charge in [0.2, 0.25) is 5.82 Å². The number of nitrogens with zero attached hydrogens (tertiary/aromatic N) is 8. The molecule has 0 bridgehead atoms. The Kier molecular flexibility index (Phi) is 3.65. The first-order valence-corrected chi connectivity index (χ1v) is 8.90. The van der Waals surface area contributed by atoms with Crippen LogP contribution < -0.4 is 5.32 Å². The van der Waals surface area contributed by atoms with Crippen LogP contribution in [0.2, 0.25) is 0 Å². The molecule has 30 heavy (non-hydrogen) atoms. The van der Waals surface area contributed by atoms with E-state index in [-0.39, 0.29) is 17.3 Å². The lowest BCUT2D eigenvalue weighted by atomic mass is 9.99. The molecule has 0 radical (unpaired) electrons. The van der Waals surface area contributed by atoms with Gasteiger partial charge in [-0.2, -0.15) is 32.1 Å². The molecule has 2 atom stereocenters. The molecule has 1 aliphatic rings. The summed E-state index contributed by atoms with van der Waals surface area (Å²) in [5.41, 5.74) is 1.04. The highest BCUT2D eigenvalue weighted by Crippen LogP contribution is 2.48. The molecular weight excluding hydrogens is 413 g/mol. The van der Waals surface area contributed by atoms with E-state index >= 15 is 0 Å². The third-order valence-corrected chi connectivity index (χ3v) is 5.10. The molecule has 5 rings (SSSR count). The van der Waals surface area contributed by atoms with Crippen LogP contribution in [0.5, 0.6) is 0 Å². The van der Waals surface area contributed by atoms with Crippen LogP contribution >= 0.6 is 0 Å². The maximum absolute atomic E-state index is 14.2. The minimum atomic E-state index is -5.70. The Balaban J connectivity index is 1.62. The van der Waals surface area contributed by atoms with Crippen LogP contribution in [0.25, 0.3) is 28.2 Å². The Labute approximate surface area is 164 Å². The second-order valence-electron chi connectivity index (χ2n) is 7.23. The fourth-order valence-corrected chi connectivity index (χ4v) is 3.63. The van der Waals surface area contributed by atoms with Crippen molar-refractivity contribution in [1.29, 1.82) is 0 Å². The second-order valence-corrected chi connectivity index (χ2v) is 7.23. The molecular formula is C16H14F5N9. The van der Waals surface area contributed by atoms with Gasteiger partial charge in [-0.25, -0.2) is 19.2 Å². The number of aromatic nitrogens is 8. The number of hydrogen-bond donors (Lipinski definition) is 1. The van der Waals surface area contributed by atoms with E-state index in [0.717, 1.165) is 0 Å². The van der Waals surface area contributed by atoms with Gasteiger partial charge in [0.15, 0.2) is 11.3 Å². The van der Waals surface area contributed by atoms with Crippen molar-refractivity contribution in [2.45, 2.75) is 37.5 Å². The number of hydrogen-bond acceptors (Lipinski definition) is 6. The highest BCUT2D eigenvalue weighted by Gasteiger charge is 2.64. The molecule has 158 valence electrons. The van der Waals surface area contributed by atoms with Gasteiger partial charge in [0.25, 0.3) is 0 Å². The SMILES string of the molecule is CC1CC(C(F)(F)C(F)(F)F)n2nc(-c3nc4c5cnn(C)c5ncn4n3)cc2N1. The molecule has 1 N–H and O–H groups in total. The summed E-state index contributed by atoms with van der Waals surface area (Å²) in [5.74, 6) is -4.83. The zero-order valence-corrected chi connectivity index (χ0v) is 15.6. The number of halogens is 5. The molecule has 4 aromatic rings. The second kappa shape index (κ2) is 5.86. The van der Waals surface area contributed by atoms with Crippen LogP contribution in [-0.4, -0.2) is 57.3 Å². The summed E-state index contributed by atoms with van der Waals surface area (Å²) < 4.78 is 70.9. The number of anilines is 1. The number of nitrogens with one attached hydrogen (secondary N) is 1. The van der Waals surface area contributed by atoms with Gasteiger partial charge in [-0.15, -0.1) is 5.10 Å². The van der Waals surface area contributed by atoms with Crippen LogP contribution in [0.3, 0.4) is 0 Å². The molecule has 14 heteroatoms. The van der Waals surface area contributed by atoms with Gasteiger partial charge in [-0.05, 0) is 13.3 Å². The van der Waals surface area contributed by atoms with Crippen LogP contribution in [0.15, 0.2) is 18.6 Å². The Hall–Kier alpha value is -3.32. The Morgan fingerprint density at radius 2 is 1.90 bits per heavy atom. The van der Waals surface area contributed by atoms with Crippen LogP contribution in [0.4, 0.5) is 27.8 Å². The minimum absolute atomic E-state index is 0.0428. The van der Waals surface area contributed by atoms with E-state index in [0.29, 0.717) is 21.4 Å². The standard InChI is InChI=1S/C16H14F5N9/c1-7-3-10(15(17,18)16(19,20)21)30-11(24-7)4-9(26-30)12-25-14-8-5-23-28(2)13(8)22-6-29(14)27-12/h4-7,10,24H,3H2,1-2H3. The van der Waals surface area contributed by atoms with Crippen molar-refractivity contribution in [1.82, 2.24) is 39.1 Å². The lowest BCUT2D eigenvalue weighted by molar-refractivity contribution is -0.301. The third-order valence-electron chi connectivity index (χ3n) is 5.10. The quantitative estimate of drug-likeness (QED) is 0.495. The van der Waals surface area contributed by atoms with Crippen molar-refractivity contribution >= 4 is 22.5 Å². The van der Waals surface area contributed by atoms with Gasteiger partial charge in [0.1, 0.15) is 23.9 Å². The average Bonchev–Trinajstić information content (AvgIpc) is 3.35. The molecule has 0 aliphatic carbocycles.